The Morgan fingerprint density at radius 2 is 1.86 bits per heavy atom. The SMILES string of the molecule is C#CCCCNCCCNS(C)(=O)=O. The van der Waals surface area contributed by atoms with Gasteiger partial charge in [-0.15, -0.1) is 12.3 Å². The third kappa shape index (κ3) is 11.4. The normalized spacial score (nSPS) is 11.1. The fraction of sp³-hybridized carbons (Fsp3) is 0.778. The molecule has 0 heterocycles. The highest BCUT2D eigenvalue weighted by Crippen LogP contribution is 1.83. The van der Waals surface area contributed by atoms with E-state index in [1.807, 2.05) is 0 Å². The lowest BCUT2D eigenvalue weighted by Gasteiger charge is -2.03. The summed E-state index contributed by atoms with van der Waals surface area (Å²) >= 11 is 0. The molecule has 0 aliphatic rings. The molecule has 0 atom stereocenters. The van der Waals surface area contributed by atoms with Crippen LogP contribution in [0.5, 0.6) is 0 Å². The van der Waals surface area contributed by atoms with Crippen LogP contribution in [0.2, 0.25) is 0 Å². The lowest BCUT2D eigenvalue weighted by atomic mass is 10.3. The van der Waals surface area contributed by atoms with E-state index in [9.17, 15) is 8.42 Å². The summed E-state index contributed by atoms with van der Waals surface area (Å²) in [4.78, 5) is 0. The van der Waals surface area contributed by atoms with Crippen LogP contribution in [0.1, 0.15) is 19.3 Å². The molecule has 0 aromatic rings. The highest BCUT2D eigenvalue weighted by atomic mass is 32.2. The summed E-state index contributed by atoms with van der Waals surface area (Å²) in [5.74, 6) is 2.56. The van der Waals surface area contributed by atoms with E-state index in [0.717, 1.165) is 38.6 Å². The van der Waals surface area contributed by atoms with Crippen molar-refractivity contribution in [2.45, 2.75) is 19.3 Å². The van der Waals surface area contributed by atoms with Crippen molar-refractivity contribution in [2.75, 3.05) is 25.9 Å². The van der Waals surface area contributed by atoms with Crippen LogP contribution in [0.4, 0.5) is 0 Å². The van der Waals surface area contributed by atoms with Crippen LogP contribution in [0.25, 0.3) is 0 Å². The maximum absolute atomic E-state index is 10.7. The smallest absolute Gasteiger partial charge is 0.208 e. The molecule has 0 amide bonds. The highest BCUT2D eigenvalue weighted by Gasteiger charge is 1.97. The first kappa shape index (κ1) is 13.4. The van der Waals surface area contributed by atoms with Crippen LogP contribution in [0.15, 0.2) is 0 Å². The topological polar surface area (TPSA) is 58.2 Å². The summed E-state index contributed by atoms with van der Waals surface area (Å²) in [6.45, 7) is 2.19. The van der Waals surface area contributed by atoms with E-state index in [2.05, 4.69) is 16.0 Å². The lowest BCUT2D eigenvalue weighted by molar-refractivity contribution is 0.577. The monoisotopic (exact) mass is 218 g/mol. The van der Waals surface area contributed by atoms with Gasteiger partial charge in [-0.1, -0.05) is 0 Å². The average Bonchev–Trinajstić information content (AvgIpc) is 2.08. The molecule has 5 heteroatoms. The van der Waals surface area contributed by atoms with Gasteiger partial charge in [-0.05, 0) is 25.9 Å². The molecular formula is C9H18N2O2S. The molecule has 2 N–H and O–H groups in total. The van der Waals surface area contributed by atoms with Gasteiger partial charge in [0.1, 0.15) is 0 Å². The zero-order valence-electron chi connectivity index (χ0n) is 8.54. The first-order chi connectivity index (χ1) is 6.56. The van der Waals surface area contributed by atoms with Gasteiger partial charge in [-0.2, -0.15) is 0 Å². The van der Waals surface area contributed by atoms with Crippen molar-refractivity contribution in [3.05, 3.63) is 0 Å². The van der Waals surface area contributed by atoms with Gasteiger partial charge in [0, 0.05) is 13.0 Å². The maximum atomic E-state index is 10.7. The second-order valence-corrected chi connectivity index (χ2v) is 4.91. The summed E-state index contributed by atoms with van der Waals surface area (Å²) in [5.41, 5.74) is 0. The fourth-order valence-corrected chi connectivity index (χ4v) is 1.43. The van der Waals surface area contributed by atoms with Gasteiger partial charge < -0.3 is 5.32 Å². The van der Waals surface area contributed by atoms with E-state index >= 15 is 0 Å². The minimum atomic E-state index is -3.03. The molecule has 0 spiro atoms. The van der Waals surface area contributed by atoms with Gasteiger partial charge >= 0.3 is 0 Å². The van der Waals surface area contributed by atoms with Crippen LogP contribution in [-0.2, 0) is 10.0 Å². The second kappa shape index (κ2) is 7.80. The quantitative estimate of drug-likeness (QED) is 0.443. The molecule has 0 unspecified atom stereocenters. The third-order valence-corrected chi connectivity index (χ3v) is 2.30. The van der Waals surface area contributed by atoms with Crippen LogP contribution >= 0.6 is 0 Å². The predicted octanol–water partition coefficient (Wildman–Crippen LogP) is -0.0713. The predicted molar refractivity (Wildman–Crippen MR) is 58.4 cm³/mol. The molecule has 0 rings (SSSR count). The molecule has 0 bridgehead atoms. The van der Waals surface area contributed by atoms with Gasteiger partial charge in [0.2, 0.25) is 10.0 Å². The summed E-state index contributed by atoms with van der Waals surface area (Å²) in [5, 5.41) is 3.18. The molecule has 82 valence electrons. The molecule has 0 aromatic heterocycles. The zero-order chi connectivity index (χ0) is 10.9. The Bertz CT molecular complexity index is 267. The van der Waals surface area contributed by atoms with Crippen molar-refractivity contribution >= 4 is 10.0 Å². The number of sulfonamides is 1. The minimum absolute atomic E-state index is 0.487. The van der Waals surface area contributed by atoms with Gasteiger partial charge in [0.15, 0.2) is 0 Å². The Morgan fingerprint density at radius 1 is 1.21 bits per heavy atom. The summed E-state index contributed by atoms with van der Waals surface area (Å²) in [6.07, 6.45) is 8.79. The molecular weight excluding hydrogens is 200 g/mol. The minimum Gasteiger partial charge on any atom is -0.317 e. The summed E-state index contributed by atoms with van der Waals surface area (Å²) in [7, 11) is -3.03. The van der Waals surface area contributed by atoms with Crippen molar-refractivity contribution < 1.29 is 8.42 Å². The summed E-state index contributed by atoms with van der Waals surface area (Å²) < 4.78 is 23.7. The van der Waals surface area contributed by atoms with Crippen molar-refractivity contribution in [3.63, 3.8) is 0 Å². The molecule has 0 aromatic carbocycles. The van der Waals surface area contributed by atoms with Crippen LogP contribution in [0, 0.1) is 12.3 Å². The molecule has 0 radical (unpaired) electrons. The Hall–Kier alpha value is -0.570. The number of terminal acetylenes is 1. The van der Waals surface area contributed by atoms with E-state index in [4.69, 9.17) is 6.42 Å². The van der Waals surface area contributed by atoms with Crippen molar-refractivity contribution in [1.29, 1.82) is 0 Å². The first-order valence-corrected chi connectivity index (χ1v) is 6.54. The molecule has 4 nitrogen and oxygen atoms in total. The molecule has 0 fully saturated rings. The Balaban J connectivity index is 3.12. The Morgan fingerprint density at radius 3 is 2.43 bits per heavy atom. The molecule has 0 aliphatic heterocycles. The molecule has 14 heavy (non-hydrogen) atoms. The molecule has 0 saturated heterocycles. The van der Waals surface area contributed by atoms with Gasteiger partial charge in [-0.25, -0.2) is 13.1 Å². The number of nitrogens with one attached hydrogen (secondary N) is 2. The standard InChI is InChI=1S/C9H18N2O2S/c1-3-4-5-7-10-8-6-9-11-14(2,12)13/h1,10-11H,4-9H2,2H3. The molecule has 0 aliphatic carbocycles. The maximum Gasteiger partial charge on any atom is 0.208 e. The number of hydrogen-bond donors (Lipinski definition) is 2. The Kier molecular flexibility index (Phi) is 7.48. The van der Waals surface area contributed by atoms with E-state index in [1.54, 1.807) is 0 Å². The van der Waals surface area contributed by atoms with Gasteiger partial charge in [0.05, 0.1) is 6.26 Å². The van der Waals surface area contributed by atoms with Crippen molar-refractivity contribution in [1.82, 2.24) is 10.0 Å². The van der Waals surface area contributed by atoms with Gasteiger partial charge in [0.25, 0.3) is 0 Å². The van der Waals surface area contributed by atoms with E-state index in [1.165, 1.54) is 0 Å². The largest absolute Gasteiger partial charge is 0.317 e. The number of unbranched alkanes of at least 4 members (excludes halogenated alkanes) is 1. The van der Waals surface area contributed by atoms with Crippen LogP contribution in [0.3, 0.4) is 0 Å². The van der Waals surface area contributed by atoms with Gasteiger partial charge in [-0.3, -0.25) is 0 Å². The number of hydrogen-bond acceptors (Lipinski definition) is 3. The zero-order valence-corrected chi connectivity index (χ0v) is 9.36. The van der Waals surface area contributed by atoms with Crippen molar-refractivity contribution in [3.8, 4) is 12.3 Å². The lowest BCUT2D eigenvalue weighted by Crippen LogP contribution is -2.26. The number of rotatable bonds is 8. The van der Waals surface area contributed by atoms with E-state index < -0.39 is 10.0 Å². The Labute approximate surface area is 86.5 Å². The van der Waals surface area contributed by atoms with Crippen molar-refractivity contribution in [2.24, 2.45) is 0 Å². The highest BCUT2D eigenvalue weighted by molar-refractivity contribution is 7.88. The summed E-state index contributed by atoms with van der Waals surface area (Å²) in [6, 6.07) is 0. The van der Waals surface area contributed by atoms with E-state index in [0.29, 0.717) is 6.54 Å². The second-order valence-electron chi connectivity index (χ2n) is 3.08. The van der Waals surface area contributed by atoms with Crippen LogP contribution < -0.4 is 10.0 Å². The van der Waals surface area contributed by atoms with Crippen LogP contribution in [-0.4, -0.2) is 34.3 Å². The molecule has 0 saturated carbocycles. The first-order valence-electron chi connectivity index (χ1n) is 4.65. The third-order valence-electron chi connectivity index (χ3n) is 1.57. The van der Waals surface area contributed by atoms with E-state index in [-0.39, 0.29) is 0 Å². The average molecular weight is 218 g/mol. The fourth-order valence-electron chi connectivity index (χ4n) is 0.911.